The first-order valence-corrected chi connectivity index (χ1v) is 20.8. The second-order valence-electron chi connectivity index (χ2n) is 16.3. The van der Waals surface area contributed by atoms with Crippen LogP contribution in [0.5, 0.6) is 0 Å². The zero-order chi connectivity index (χ0) is 45.9. The molecule has 6 rings (SSSR count). The van der Waals surface area contributed by atoms with E-state index in [0.717, 1.165) is 0 Å². The van der Waals surface area contributed by atoms with Gasteiger partial charge in [-0.15, -0.1) is 11.8 Å². The third-order valence-electron chi connectivity index (χ3n) is 11.7. The Hall–Kier alpha value is -6.61. The van der Waals surface area contributed by atoms with Gasteiger partial charge in [-0.25, -0.2) is 14.4 Å². The number of thioether (sulfide) groups is 1. The van der Waals surface area contributed by atoms with Gasteiger partial charge in [0, 0.05) is 77.6 Å². The minimum Gasteiger partial charge on any atom is -0.456 e. The molecule has 2 fully saturated rings. The average Bonchev–Trinajstić information content (AvgIpc) is 3.75. The number of esters is 1. The smallest absolute Gasteiger partial charge is 0.410 e. The number of carbonyl (C=O) groups excluding carboxylic acids is 4. The Kier molecular flexibility index (Phi) is 13.7. The molecule has 3 aromatic rings. The molecule has 20 nitrogen and oxygen atoms in total. The molecule has 334 valence electrons. The summed E-state index contributed by atoms with van der Waals surface area (Å²) in [4.78, 5) is 91.2. The first-order chi connectivity index (χ1) is 29.8. The fourth-order valence-corrected chi connectivity index (χ4v) is 9.57. The van der Waals surface area contributed by atoms with Crippen LogP contribution in [-0.4, -0.2) is 101 Å². The summed E-state index contributed by atoms with van der Waals surface area (Å²) < 4.78 is 16.9. The monoisotopic (exact) mass is 890 g/mol. The average molecular weight is 891 g/mol. The highest BCUT2D eigenvalue weighted by Gasteiger charge is 2.60. The zero-order valence-electron chi connectivity index (χ0n) is 35.0. The predicted octanol–water partition coefficient (Wildman–Crippen LogP) is 6.47. The van der Waals surface area contributed by atoms with Gasteiger partial charge in [0.05, 0.1) is 32.8 Å². The highest BCUT2D eigenvalue weighted by atomic mass is 32.2. The SMILES string of the molecule is C[C@@H](O)[C@H]1C(=O)N2C(C(=O)OCc3ccc([N+](=O)[O-])cc3)=C(S[C@H]3C[C@@H](CC(C)(C)N(C)C(=O)OCc4ccc([N+](=O)[O-])cc4)N(C(=O)OCc4ccc([N+](=O)[O-])cc4)C3)[C@H](C)[C@H]12. The van der Waals surface area contributed by atoms with Crippen molar-refractivity contribution in [2.24, 2.45) is 11.8 Å². The molecule has 0 unspecified atom stereocenters. The Bertz CT molecular complexity index is 2300. The summed E-state index contributed by atoms with van der Waals surface area (Å²) in [7, 11) is 1.55. The summed E-state index contributed by atoms with van der Waals surface area (Å²) in [5.74, 6) is -2.42. The number of rotatable bonds is 16. The van der Waals surface area contributed by atoms with Gasteiger partial charge in [-0.2, -0.15) is 0 Å². The third-order valence-corrected chi connectivity index (χ3v) is 13.2. The first kappa shape index (κ1) is 45.9. The van der Waals surface area contributed by atoms with Crippen LogP contribution < -0.4 is 0 Å². The lowest BCUT2D eigenvalue weighted by Crippen LogP contribution is -2.63. The van der Waals surface area contributed by atoms with Crippen molar-refractivity contribution in [1.29, 1.82) is 0 Å². The molecule has 21 heteroatoms. The van der Waals surface area contributed by atoms with Gasteiger partial charge in [0.25, 0.3) is 17.1 Å². The maximum absolute atomic E-state index is 13.9. The van der Waals surface area contributed by atoms with Gasteiger partial charge in [-0.1, -0.05) is 6.92 Å². The van der Waals surface area contributed by atoms with Gasteiger partial charge in [0.1, 0.15) is 25.5 Å². The second-order valence-corrected chi connectivity index (χ2v) is 17.6. The Labute approximate surface area is 365 Å². The highest BCUT2D eigenvalue weighted by Crippen LogP contribution is 2.53. The predicted molar refractivity (Wildman–Crippen MR) is 224 cm³/mol. The number of β-lactam (4-membered cyclic amide) rings is 1. The summed E-state index contributed by atoms with van der Waals surface area (Å²) >= 11 is 1.31. The van der Waals surface area contributed by atoms with E-state index in [0.29, 0.717) is 28.0 Å². The largest absolute Gasteiger partial charge is 0.456 e. The molecule has 3 aliphatic rings. The molecule has 3 aliphatic heterocycles. The Morgan fingerprint density at radius 1 is 0.825 bits per heavy atom. The third kappa shape index (κ3) is 10.0. The summed E-state index contributed by atoms with van der Waals surface area (Å²) in [5, 5.41) is 43.5. The first-order valence-electron chi connectivity index (χ1n) is 19.9. The van der Waals surface area contributed by atoms with Crippen LogP contribution in [0.4, 0.5) is 26.7 Å². The maximum atomic E-state index is 13.9. The molecule has 63 heavy (non-hydrogen) atoms. The van der Waals surface area contributed by atoms with Crippen molar-refractivity contribution in [3.63, 3.8) is 0 Å². The molecule has 1 N–H and O–H groups in total. The Morgan fingerprint density at radius 2 is 1.29 bits per heavy atom. The fraction of sp³-hybridized carbons (Fsp3) is 0.429. The topological polar surface area (TPSA) is 255 Å². The summed E-state index contributed by atoms with van der Waals surface area (Å²) in [5.41, 5.74) is 0.248. The zero-order valence-corrected chi connectivity index (χ0v) is 35.8. The number of nitrogens with zero attached hydrogens (tertiary/aromatic N) is 6. The number of carbonyl (C=O) groups is 4. The number of hydrogen-bond acceptors (Lipinski definition) is 15. The number of ether oxygens (including phenoxy) is 3. The van der Waals surface area contributed by atoms with Crippen LogP contribution in [0.3, 0.4) is 0 Å². The molecule has 2 saturated heterocycles. The van der Waals surface area contributed by atoms with Crippen molar-refractivity contribution in [2.75, 3.05) is 13.6 Å². The van der Waals surface area contributed by atoms with Crippen LogP contribution in [0.1, 0.15) is 57.2 Å². The molecule has 3 heterocycles. The van der Waals surface area contributed by atoms with Crippen molar-refractivity contribution in [1.82, 2.24) is 14.7 Å². The molecule has 0 radical (unpaired) electrons. The van der Waals surface area contributed by atoms with Crippen molar-refractivity contribution in [2.45, 2.75) is 89.3 Å². The van der Waals surface area contributed by atoms with Gasteiger partial charge in [0.15, 0.2) is 0 Å². The van der Waals surface area contributed by atoms with E-state index in [-0.39, 0.29) is 60.8 Å². The van der Waals surface area contributed by atoms with Gasteiger partial charge in [0.2, 0.25) is 5.91 Å². The standard InChI is InChI=1S/C42H46N6O14S/c1-24-35-34(25(2)49)38(50)45(35)36(39(51)60-21-26-6-12-29(13-7-26)46(54)55)37(24)63-33-18-32(44(20-33)41(53)62-23-28-10-16-31(17-11-28)48(58)59)19-42(3,4)43(5)40(52)61-22-27-8-14-30(15-9-27)47(56)57/h6-17,24-25,32-35,49H,18-23H2,1-5H3/t24-,25-,32+,33+,34-,35-/m1/s1. The molecule has 0 spiro atoms. The lowest BCUT2D eigenvalue weighted by atomic mass is 9.79. The molecule has 0 aromatic heterocycles. The van der Waals surface area contributed by atoms with Crippen LogP contribution in [0, 0.1) is 42.2 Å². The Balaban J connectivity index is 1.22. The number of likely N-dealkylation sites (tertiary alicyclic amines) is 1. The lowest BCUT2D eigenvalue weighted by Gasteiger charge is -2.46. The van der Waals surface area contributed by atoms with E-state index < -0.39 is 74.4 Å². The minimum absolute atomic E-state index is 0.0212. The van der Waals surface area contributed by atoms with Crippen LogP contribution in [-0.2, 0) is 43.6 Å². The van der Waals surface area contributed by atoms with Gasteiger partial charge in [-0.05, 0) is 86.7 Å². The van der Waals surface area contributed by atoms with Crippen LogP contribution in [0.15, 0.2) is 83.4 Å². The number of hydrogen-bond donors (Lipinski definition) is 1. The number of nitro benzene ring substituents is 3. The summed E-state index contributed by atoms with van der Waals surface area (Å²) in [6.07, 6.45) is -1.79. The summed E-state index contributed by atoms with van der Waals surface area (Å²) in [6.45, 7) is 6.50. The number of amides is 3. The highest BCUT2D eigenvalue weighted by molar-refractivity contribution is 8.03. The Morgan fingerprint density at radius 3 is 1.75 bits per heavy atom. The number of nitro groups is 3. The molecule has 3 aromatic carbocycles. The van der Waals surface area contributed by atoms with E-state index in [2.05, 4.69) is 0 Å². The van der Waals surface area contributed by atoms with E-state index in [1.54, 1.807) is 20.9 Å². The van der Waals surface area contributed by atoms with Gasteiger partial charge >= 0.3 is 18.2 Å². The van der Waals surface area contributed by atoms with Crippen LogP contribution in [0.2, 0.25) is 0 Å². The lowest BCUT2D eigenvalue weighted by molar-refractivity contribution is -0.385. The number of fused-ring (bicyclic) bond motifs is 1. The number of benzene rings is 3. The molecule has 0 saturated carbocycles. The molecule has 0 bridgehead atoms. The van der Waals surface area contributed by atoms with E-state index in [1.807, 2.05) is 6.92 Å². The fourth-order valence-electron chi connectivity index (χ4n) is 8.01. The van der Waals surface area contributed by atoms with Crippen LogP contribution in [0.25, 0.3) is 0 Å². The maximum Gasteiger partial charge on any atom is 0.410 e. The van der Waals surface area contributed by atoms with Gasteiger partial charge in [-0.3, -0.25) is 35.1 Å². The van der Waals surface area contributed by atoms with Crippen molar-refractivity contribution in [3.05, 3.63) is 130 Å². The van der Waals surface area contributed by atoms with Crippen LogP contribution >= 0.6 is 11.8 Å². The molecule has 3 amide bonds. The number of aliphatic hydroxyl groups is 1. The van der Waals surface area contributed by atoms with Gasteiger partial charge < -0.3 is 34.0 Å². The van der Waals surface area contributed by atoms with E-state index in [1.165, 1.54) is 106 Å². The van der Waals surface area contributed by atoms with E-state index in [9.17, 15) is 54.6 Å². The quantitative estimate of drug-likeness (QED) is 0.0531. The van der Waals surface area contributed by atoms with Crippen molar-refractivity contribution < 1.29 is 53.3 Å². The van der Waals surface area contributed by atoms with E-state index in [4.69, 9.17) is 14.2 Å². The number of non-ortho nitro benzene ring substituents is 3. The second kappa shape index (κ2) is 18.8. The minimum atomic E-state index is -1.00. The van der Waals surface area contributed by atoms with E-state index >= 15 is 0 Å². The molecular weight excluding hydrogens is 845 g/mol. The van der Waals surface area contributed by atoms with Crippen molar-refractivity contribution >= 4 is 52.9 Å². The molecular formula is C42H46N6O14S. The normalized spacial score (nSPS) is 21.0. The molecule has 0 aliphatic carbocycles. The number of aliphatic hydroxyl groups excluding tert-OH is 1. The van der Waals surface area contributed by atoms with Crippen molar-refractivity contribution in [3.8, 4) is 0 Å². The molecule has 6 atom stereocenters. The summed E-state index contributed by atoms with van der Waals surface area (Å²) in [6, 6.07) is 15.6.